The van der Waals surface area contributed by atoms with E-state index in [1.54, 1.807) is 27.0 Å². The summed E-state index contributed by atoms with van der Waals surface area (Å²) in [7, 11) is 1.66. The van der Waals surface area contributed by atoms with Crippen LogP contribution in [0.4, 0.5) is 5.82 Å². The average molecular weight is 461 g/mol. The highest BCUT2D eigenvalue weighted by molar-refractivity contribution is 8.01. The number of likely N-dealkylation sites (tertiary alicyclic amines) is 1. The lowest BCUT2D eigenvalue weighted by molar-refractivity contribution is -0.118. The Morgan fingerprint density at radius 2 is 1.94 bits per heavy atom. The van der Waals surface area contributed by atoms with Gasteiger partial charge in [-0.1, -0.05) is 23.7 Å². The van der Waals surface area contributed by atoms with E-state index in [0.29, 0.717) is 18.1 Å². The number of anilines is 1. The monoisotopic (exact) mass is 460 g/mol. The maximum Gasteiger partial charge on any atom is 0.238 e. The molecule has 1 aliphatic rings. The maximum absolute atomic E-state index is 12.5. The second-order valence-electron chi connectivity index (χ2n) is 7.95. The number of rotatable bonds is 10. The van der Waals surface area contributed by atoms with Gasteiger partial charge < -0.3 is 19.9 Å². The minimum Gasteiger partial charge on any atom is -0.497 e. The van der Waals surface area contributed by atoms with Crippen molar-refractivity contribution in [2.45, 2.75) is 44.4 Å². The fourth-order valence-electron chi connectivity index (χ4n) is 3.70. The highest BCUT2D eigenvalue weighted by Crippen LogP contribution is 2.26. The largest absolute Gasteiger partial charge is 0.497 e. The molecular weight excluding hydrogens is 428 g/mol. The second kappa shape index (κ2) is 11.9. The smallest absolute Gasteiger partial charge is 0.238 e. The molecule has 3 rings (SSSR count). The SMILES string of the molecule is COc1ccc([C@@H](CNC(=O)CS[C@H](C)C(=O)Nc2cc(C)on2)N2CCCCC2)cc1. The number of benzene rings is 1. The molecule has 1 aliphatic heterocycles. The van der Waals surface area contributed by atoms with Crippen LogP contribution in [0.2, 0.25) is 0 Å². The molecule has 2 N–H and O–H groups in total. The van der Waals surface area contributed by atoms with Crippen LogP contribution in [-0.4, -0.2) is 59.6 Å². The first-order valence-corrected chi connectivity index (χ1v) is 12.0. The Morgan fingerprint density at radius 1 is 1.22 bits per heavy atom. The molecule has 1 saturated heterocycles. The van der Waals surface area contributed by atoms with Gasteiger partial charge in [-0.05, 0) is 57.5 Å². The van der Waals surface area contributed by atoms with E-state index in [0.717, 1.165) is 24.4 Å². The van der Waals surface area contributed by atoms with E-state index in [1.807, 2.05) is 12.1 Å². The van der Waals surface area contributed by atoms with Gasteiger partial charge in [0.1, 0.15) is 11.5 Å². The molecule has 2 aromatic rings. The number of hydrogen-bond donors (Lipinski definition) is 2. The van der Waals surface area contributed by atoms with Gasteiger partial charge in [0, 0.05) is 12.6 Å². The number of amides is 2. The number of piperidine rings is 1. The third-order valence-corrected chi connectivity index (χ3v) is 6.68. The quantitative estimate of drug-likeness (QED) is 0.561. The highest BCUT2D eigenvalue weighted by Gasteiger charge is 2.23. The van der Waals surface area contributed by atoms with Crippen molar-refractivity contribution in [3.05, 3.63) is 41.7 Å². The van der Waals surface area contributed by atoms with Gasteiger partial charge in [-0.3, -0.25) is 14.5 Å². The number of ether oxygens (including phenoxy) is 1. The molecular formula is C23H32N4O4S. The molecule has 0 aliphatic carbocycles. The van der Waals surface area contributed by atoms with Crippen molar-refractivity contribution in [3.63, 3.8) is 0 Å². The van der Waals surface area contributed by atoms with Crippen molar-refractivity contribution < 1.29 is 18.8 Å². The summed E-state index contributed by atoms with van der Waals surface area (Å²) in [6, 6.07) is 9.82. The summed E-state index contributed by atoms with van der Waals surface area (Å²) in [5.41, 5.74) is 1.16. The molecule has 174 valence electrons. The summed E-state index contributed by atoms with van der Waals surface area (Å²) in [6.07, 6.45) is 3.60. The first-order chi connectivity index (χ1) is 15.5. The molecule has 2 amide bonds. The Bertz CT molecular complexity index is 880. The molecule has 1 fully saturated rings. The first-order valence-electron chi connectivity index (χ1n) is 11.0. The van der Waals surface area contributed by atoms with Crippen LogP contribution in [0.3, 0.4) is 0 Å². The highest BCUT2D eigenvalue weighted by atomic mass is 32.2. The third-order valence-electron chi connectivity index (χ3n) is 5.54. The lowest BCUT2D eigenvalue weighted by Gasteiger charge is -2.35. The number of nitrogens with one attached hydrogen (secondary N) is 2. The van der Waals surface area contributed by atoms with Gasteiger partial charge in [0.15, 0.2) is 5.82 Å². The van der Waals surface area contributed by atoms with Gasteiger partial charge in [0.05, 0.1) is 24.2 Å². The zero-order valence-corrected chi connectivity index (χ0v) is 19.7. The second-order valence-corrected chi connectivity index (χ2v) is 9.28. The van der Waals surface area contributed by atoms with Crippen molar-refractivity contribution in [1.29, 1.82) is 0 Å². The number of carbonyl (C=O) groups excluding carboxylic acids is 2. The van der Waals surface area contributed by atoms with E-state index in [-0.39, 0.29) is 23.6 Å². The lowest BCUT2D eigenvalue weighted by atomic mass is 10.0. The summed E-state index contributed by atoms with van der Waals surface area (Å²) in [5.74, 6) is 1.75. The van der Waals surface area contributed by atoms with E-state index in [1.165, 1.54) is 31.0 Å². The molecule has 9 heteroatoms. The molecule has 0 bridgehead atoms. The van der Waals surface area contributed by atoms with E-state index in [2.05, 4.69) is 32.8 Å². The molecule has 0 saturated carbocycles. The molecule has 8 nitrogen and oxygen atoms in total. The number of nitrogens with zero attached hydrogens (tertiary/aromatic N) is 2. The minimum atomic E-state index is -0.391. The molecule has 0 spiro atoms. The van der Waals surface area contributed by atoms with E-state index >= 15 is 0 Å². The third kappa shape index (κ3) is 7.00. The van der Waals surface area contributed by atoms with Crippen molar-refractivity contribution in [2.75, 3.05) is 37.8 Å². The summed E-state index contributed by atoms with van der Waals surface area (Å²) in [5, 5.41) is 9.13. The molecule has 2 atom stereocenters. The van der Waals surface area contributed by atoms with Gasteiger partial charge in [0.2, 0.25) is 11.8 Å². The minimum absolute atomic E-state index is 0.0811. The van der Waals surface area contributed by atoms with Crippen molar-refractivity contribution >= 4 is 29.4 Å². The fraction of sp³-hybridized carbons (Fsp3) is 0.522. The van der Waals surface area contributed by atoms with Crippen LogP contribution in [-0.2, 0) is 9.59 Å². The van der Waals surface area contributed by atoms with E-state index in [9.17, 15) is 9.59 Å². The summed E-state index contributed by atoms with van der Waals surface area (Å²) < 4.78 is 10.2. The van der Waals surface area contributed by atoms with Crippen LogP contribution < -0.4 is 15.4 Å². The van der Waals surface area contributed by atoms with Gasteiger partial charge in [-0.25, -0.2) is 0 Å². The van der Waals surface area contributed by atoms with Crippen LogP contribution in [0, 0.1) is 6.92 Å². The van der Waals surface area contributed by atoms with Crippen molar-refractivity contribution in [1.82, 2.24) is 15.4 Å². The topological polar surface area (TPSA) is 96.7 Å². The molecule has 1 aromatic heterocycles. The predicted molar refractivity (Wildman–Crippen MR) is 126 cm³/mol. The van der Waals surface area contributed by atoms with Crippen LogP contribution in [0.5, 0.6) is 5.75 Å². The Morgan fingerprint density at radius 3 is 2.56 bits per heavy atom. The number of hydrogen-bond acceptors (Lipinski definition) is 7. The van der Waals surface area contributed by atoms with Crippen LogP contribution >= 0.6 is 11.8 Å². The number of carbonyl (C=O) groups is 2. The Labute approximate surface area is 193 Å². The molecule has 2 heterocycles. The van der Waals surface area contributed by atoms with Gasteiger partial charge >= 0.3 is 0 Å². The molecule has 32 heavy (non-hydrogen) atoms. The standard InChI is InChI=1S/C23H32N4O4S/c1-16-13-21(26-31-16)25-23(29)17(2)32-15-22(28)24-14-20(27-11-5-4-6-12-27)18-7-9-19(30-3)10-8-18/h7-10,13,17,20H,4-6,11-12,14-15H2,1-3H3,(H,24,28)(H,25,26,29)/t17-,20-/m1/s1. The number of aryl methyl sites for hydroxylation is 1. The van der Waals surface area contributed by atoms with E-state index in [4.69, 9.17) is 9.26 Å². The number of aromatic nitrogens is 1. The zero-order valence-electron chi connectivity index (χ0n) is 18.9. The summed E-state index contributed by atoms with van der Waals surface area (Å²) in [6.45, 7) is 6.12. The fourth-order valence-corrected chi connectivity index (χ4v) is 4.42. The van der Waals surface area contributed by atoms with Gasteiger partial charge in [-0.15, -0.1) is 11.8 Å². The normalized spacial score (nSPS) is 16.2. The molecule has 0 unspecified atom stereocenters. The van der Waals surface area contributed by atoms with Crippen molar-refractivity contribution in [3.8, 4) is 5.75 Å². The summed E-state index contributed by atoms with van der Waals surface area (Å²) in [4.78, 5) is 27.2. The number of thioether (sulfide) groups is 1. The van der Waals surface area contributed by atoms with Crippen molar-refractivity contribution in [2.24, 2.45) is 0 Å². The molecule has 0 radical (unpaired) electrons. The maximum atomic E-state index is 12.5. The Kier molecular flexibility index (Phi) is 8.99. The number of methoxy groups -OCH3 is 1. The zero-order chi connectivity index (χ0) is 22.9. The summed E-state index contributed by atoms with van der Waals surface area (Å²) >= 11 is 1.29. The van der Waals surface area contributed by atoms with E-state index < -0.39 is 5.25 Å². The lowest BCUT2D eigenvalue weighted by Crippen LogP contribution is -2.41. The van der Waals surface area contributed by atoms with Crippen LogP contribution in [0.1, 0.15) is 43.6 Å². The Hall–Kier alpha value is -2.52. The van der Waals surface area contributed by atoms with Gasteiger partial charge in [-0.2, -0.15) is 0 Å². The van der Waals surface area contributed by atoms with Crippen LogP contribution in [0.25, 0.3) is 0 Å². The Balaban J connectivity index is 1.50. The molecule has 1 aromatic carbocycles. The van der Waals surface area contributed by atoms with Gasteiger partial charge in [0.25, 0.3) is 0 Å². The predicted octanol–water partition coefficient (Wildman–Crippen LogP) is 3.40. The van der Waals surface area contributed by atoms with Crippen LogP contribution in [0.15, 0.2) is 34.9 Å². The average Bonchev–Trinajstić information content (AvgIpc) is 3.23. The first kappa shape index (κ1) is 24.1.